The molecule has 3 rings (SSSR count). The Labute approximate surface area is 146 Å². The molecule has 0 saturated carbocycles. The van der Waals surface area contributed by atoms with Gasteiger partial charge in [-0.3, -0.25) is 4.79 Å². The molecule has 0 bridgehead atoms. The van der Waals surface area contributed by atoms with Gasteiger partial charge in [-0.25, -0.2) is 0 Å². The maximum atomic E-state index is 12.1. The van der Waals surface area contributed by atoms with Gasteiger partial charge in [-0.1, -0.05) is 42.5 Å². The van der Waals surface area contributed by atoms with Crippen LogP contribution in [-0.4, -0.2) is 29.9 Å². The van der Waals surface area contributed by atoms with E-state index in [0.29, 0.717) is 11.5 Å². The fourth-order valence-electron chi connectivity index (χ4n) is 2.81. The van der Waals surface area contributed by atoms with Crippen molar-refractivity contribution in [3.05, 3.63) is 65.2 Å². The Morgan fingerprint density at radius 2 is 2.00 bits per heavy atom. The number of rotatable bonds is 5. The molecule has 0 fully saturated rings. The first-order chi connectivity index (χ1) is 11.6. The maximum Gasteiger partial charge on any atom is 0.258 e. The minimum Gasteiger partial charge on any atom is -0.484 e. The molecule has 1 amide bonds. The van der Waals surface area contributed by atoms with Gasteiger partial charge >= 0.3 is 0 Å². The van der Waals surface area contributed by atoms with Crippen LogP contribution in [0.4, 0.5) is 0 Å². The van der Waals surface area contributed by atoms with E-state index in [0.717, 1.165) is 22.4 Å². The number of carbonyl (C=O) groups is 1. The zero-order chi connectivity index (χ0) is 17.0. The standard InChI is InChI=1S/C19H21NO3S/c1-14-6-2-5-9-17(14)23-10-18(21)20-12-19(22)13-24-11-15-7-3-4-8-16(15)19/h2-9,22H,10-13H2,1H3,(H,20,21). The van der Waals surface area contributed by atoms with Crippen molar-refractivity contribution < 1.29 is 14.6 Å². The number of benzene rings is 2. The van der Waals surface area contributed by atoms with Gasteiger partial charge in [-0.2, -0.15) is 11.8 Å². The Morgan fingerprint density at radius 3 is 2.83 bits per heavy atom. The van der Waals surface area contributed by atoms with Crippen molar-refractivity contribution in [1.29, 1.82) is 0 Å². The molecule has 5 heteroatoms. The van der Waals surface area contributed by atoms with E-state index >= 15 is 0 Å². The number of aryl methyl sites for hydroxylation is 1. The van der Waals surface area contributed by atoms with Crippen LogP contribution in [-0.2, 0) is 16.1 Å². The van der Waals surface area contributed by atoms with Gasteiger partial charge in [0.25, 0.3) is 5.91 Å². The van der Waals surface area contributed by atoms with E-state index in [1.54, 1.807) is 11.8 Å². The summed E-state index contributed by atoms with van der Waals surface area (Å²) in [7, 11) is 0. The summed E-state index contributed by atoms with van der Waals surface area (Å²) in [6.07, 6.45) is 0. The second kappa shape index (κ2) is 7.28. The van der Waals surface area contributed by atoms with E-state index in [-0.39, 0.29) is 19.1 Å². The lowest BCUT2D eigenvalue weighted by molar-refractivity contribution is -0.124. The van der Waals surface area contributed by atoms with Gasteiger partial charge in [0.05, 0.1) is 6.54 Å². The quantitative estimate of drug-likeness (QED) is 0.876. The Hall–Kier alpha value is -1.98. The average Bonchev–Trinajstić information content (AvgIpc) is 2.60. The molecule has 1 heterocycles. The number of carbonyl (C=O) groups excluding carboxylic acids is 1. The molecule has 1 unspecified atom stereocenters. The Morgan fingerprint density at radius 1 is 1.25 bits per heavy atom. The smallest absolute Gasteiger partial charge is 0.258 e. The lowest BCUT2D eigenvalue weighted by Gasteiger charge is -2.34. The highest BCUT2D eigenvalue weighted by Gasteiger charge is 2.34. The molecule has 0 spiro atoms. The molecule has 2 N–H and O–H groups in total. The van der Waals surface area contributed by atoms with Crippen molar-refractivity contribution in [2.75, 3.05) is 18.9 Å². The summed E-state index contributed by atoms with van der Waals surface area (Å²) in [6.45, 7) is 2.06. The first kappa shape index (κ1) is 16.9. The molecule has 24 heavy (non-hydrogen) atoms. The van der Waals surface area contributed by atoms with Gasteiger partial charge in [0.2, 0.25) is 0 Å². The molecule has 0 aromatic heterocycles. The van der Waals surface area contributed by atoms with Crippen LogP contribution < -0.4 is 10.1 Å². The third-order valence-electron chi connectivity index (χ3n) is 4.15. The second-order valence-electron chi connectivity index (χ2n) is 6.01. The van der Waals surface area contributed by atoms with E-state index in [9.17, 15) is 9.90 Å². The Kier molecular flexibility index (Phi) is 5.11. The SMILES string of the molecule is Cc1ccccc1OCC(=O)NCC1(O)CSCc2ccccc21. The normalized spacial score (nSPS) is 19.4. The molecule has 1 aliphatic heterocycles. The van der Waals surface area contributed by atoms with Gasteiger partial charge in [-0.05, 0) is 29.7 Å². The van der Waals surface area contributed by atoms with Crippen molar-refractivity contribution in [2.24, 2.45) is 0 Å². The zero-order valence-corrected chi connectivity index (χ0v) is 14.4. The van der Waals surface area contributed by atoms with Crippen LogP contribution in [0.25, 0.3) is 0 Å². The predicted molar refractivity (Wildman–Crippen MR) is 96.2 cm³/mol. The number of hydrogen-bond donors (Lipinski definition) is 2. The predicted octanol–water partition coefficient (Wildman–Crippen LogP) is 2.62. The summed E-state index contributed by atoms with van der Waals surface area (Å²) in [5, 5.41) is 13.7. The summed E-state index contributed by atoms with van der Waals surface area (Å²) >= 11 is 1.68. The van der Waals surface area contributed by atoms with Crippen LogP contribution >= 0.6 is 11.8 Å². The lowest BCUT2D eigenvalue weighted by Crippen LogP contribution is -2.45. The summed E-state index contributed by atoms with van der Waals surface area (Å²) in [4.78, 5) is 12.1. The molecular weight excluding hydrogens is 322 g/mol. The third-order valence-corrected chi connectivity index (χ3v) is 5.34. The van der Waals surface area contributed by atoms with Crippen molar-refractivity contribution in [2.45, 2.75) is 18.3 Å². The highest BCUT2D eigenvalue weighted by atomic mass is 32.2. The van der Waals surface area contributed by atoms with Crippen LogP contribution in [0.15, 0.2) is 48.5 Å². The fraction of sp³-hybridized carbons (Fsp3) is 0.316. The number of amides is 1. The largest absolute Gasteiger partial charge is 0.484 e. The van der Waals surface area contributed by atoms with Crippen molar-refractivity contribution in [1.82, 2.24) is 5.32 Å². The molecule has 2 aromatic rings. The number of hydrogen-bond acceptors (Lipinski definition) is 4. The number of thioether (sulfide) groups is 1. The van der Waals surface area contributed by atoms with Crippen molar-refractivity contribution >= 4 is 17.7 Å². The summed E-state index contributed by atoms with van der Waals surface area (Å²) in [5.41, 5.74) is 1.99. The van der Waals surface area contributed by atoms with Crippen LogP contribution in [0.2, 0.25) is 0 Å². The van der Waals surface area contributed by atoms with Gasteiger partial charge < -0.3 is 15.2 Å². The highest BCUT2D eigenvalue weighted by molar-refractivity contribution is 7.98. The van der Waals surface area contributed by atoms with Gasteiger partial charge in [0.1, 0.15) is 11.4 Å². The number of ether oxygens (including phenoxy) is 1. The molecule has 2 aromatic carbocycles. The van der Waals surface area contributed by atoms with Gasteiger partial charge in [0, 0.05) is 11.5 Å². The Bertz CT molecular complexity index is 734. The highest BCUT2D eigenvalue weighted by Crippen LogP contribution is 2.35. The van der Waals surface area contributed by atoms with Crippen molar-refractivity contribution in [3.8, 4) is 5.75 Å². The first-order valence-corrected chi connectivity index (χ1v) is 9.08. The van der Waals surface area contributed by atoms with Crippen LogP contribution in [0.5, 0.6) is 5.75 Å². The van der Waals surface area contributed by atoms with E-state index < -0.39 is 5.60 Å². The van der Waals surface area contributed by atoms with Crippen LogP contribution in [0, 0.1) is 6.92 Å². The summed E-state index contributed by atoms with van der Waals surface area (Å²) in [6, 6.07) is 15.4. The number of para-hydroxylation sites is 1. The molecular formula is C19H21NO3S. The van der Waals surface area contributed by atoms with E-state index in [4.69, 9.17) is 4.74 Å². The van der Waals surface area contributed by atoms with Gasteiger partial charge in [0.15, 0.2) is 6.61 Å². The zero-order valence-electron chi connectivity index (χ0n) is 13.6. The van der Waals surface area contributed by atoms with E-state index in [2.05, 4.69) is 5.32 Å². The van der Waals surface area contributed by atoms with E-state index in [1.165, 1.54) is 0 Å². The topological polar surface area (TPSA) is 58.6 Å². The minimum atomic E-state index is -1.03. The van der Waals surface area contributed by atoms with Crippen molar-refractivity contribution in [3.63, 3.8) is 0 Å². The van der Waals surface area contributed by atoms with E-state index in [1.807, 2.05) is 55.5 Å². The third kappa shape index (κ3) is 3.74. The molecule has 0 aliphatic carbocycles. The van der Waals surface area contributed by atoms with Crippen LogP contribution in [0.1, 0.15) is 16.7 Å². The molecule has 4 nitrogen and oxygen atoms in total. The first-order valence-electron chi connectivity index (χ1n) is 7.92. The van der Waals surface area contributed by atoms with Crippen LogP contribution in [0.3, 0.4) is 0 Å². The molecule has 1 atom stereocenters. The average molecular weight is 343 g/mol. The lowest BCUT2D eigenvalue weighted by atomic mass is 9.91. The number of fused-ring (bicyclic) bond motifs is 1. The maximum absolute atomic E-state index is 12.1. The summed E-state index contributed by atoms with van der Waals surface area (Å²) < 4.78 is 5.54. The number of nitrogens with one attached hydrogen (secondary N) is 1. The monoisotopic (exact) mass is 343 g/mol. The summed E-state index contributed by atoms with van der Waals surface area (Å²) in [5.74, 6) is 1.93. The molecule has 1 aliphatic rings. The molecule has 0 radical (unpaired) electrons. The number of aliphatic hydroxyl groups is 1. The van der Waals surface area contributed by atoms with Gasteiger partial charge in [-0.15, -0.1) is 0 Å². The molecule has 0 saturated heterocycles. The fourth-order valence-corrected chi connectivity index (χ4v) is 3.98. The second-order valence-corrected chi connectivity index (χ2v) is 7.00. The Balaban J connectivity index is 1.58. The minimum absolute atomic E-state index is 0.0598. The molecule has 126 valence electrons.